The van der Waals surface area contributed by atoms with E-state index in [0.717, 1.165) is 38.7 Å². The van der Waals surface area contributed by atoms with Crippen LogP contribution in [0.3, 0.4) is 0 Å². The highest BCUT2D eigenvalue weighted by Crippen LogP contribution is 2.30. The van der Waals surface area contributed by atoms with Gasteiger partial charge in [-0.05, 0) is 165 Å². The molecule has 0 heterocycles. The largest absolute Gasteiger partial charge is 0.463 e. The summed E-state index contributed by atoms with van der Waals surface area (Å²) in [6.07, 6.45) is -1.98. The second-order valence-electron chi connectivity index (χ2n) is 43.6. The lowest BCUT2D eigenvalue weighted by Crippen LogP contribution is -2.35. The number of carbonyl (C=O) groups is 17. The molecule has 0 aromatic rings. The van der Waals surface area contributed by atoms with Crippen molar-refractivity contribution in [1.82, 2.24) is 0 Å². The number of esters is 17. The van der Waals surface area contributed by atoms with Crippen molar-refractivity contribution in [2.75, 3.05) is 101 Å². The summed E-state index contributed by atoms with van der Waals surface area (Å²) in [5.74, 6) is -9.82. The fraction of sp³-hybridized carbons (Fsp3) is 0.835. The zero-order valence-electron chi connectivity index (χ0n) is 95.2. The van der Waals surface area contributed by atoms with Crippen LogP contribution in [0.15, 0.2) is 0 Å². The molecule has 0 saturated heterocycles. The molecule has 0 fully saturated rings. The predicted molar refractivity (Wildman–Crippen MR) is 529 cm³/mol. The summed E-state index contributed by atoms with van der Waals surface area (Å²) in [5, 5.41) is 0. The molecular weight excluding hydrogens is 1860 g/mol. The van der Waals surface area contributed by atoms with Gasteiger partial charge in [0.25, 0.3) is 0 Å². The van der Waals surface area contributed by atoms with Crippen LogP contribution in [-0.2, 0) is 186 Å². The van der Waals surface area contributed by atoms with Crippen LogP contribution in [0.5, 0.6) is 0 Å². The molecule has 0 N–H and O–H groups in total. The molecule has 0 aromatic carbocycles. The maximum atomic E-state index is 11.9. The molecule has 0 saturated carbocycles. The highest BCUT2D eigenvalue weighted by atomic mass is 16.7. The molecule has 0 aliphatic heterocycles. The molecule has 0 aliphatic carbocycles. The fourth-order valence-corrected chi connectivity index (χ4v) is 9.89. The van der Waals surface area contributed by atoms with E-state index in [-0.39, 0.29) is 119 Å². The molecule has 0 radical (unpaired) electrons. The maximum Gasteiger partial charge on any atom is 0.347 e. The van der Waals surface area contributed by atoms with Crippen molar-refractivity contribution in [1.29, 1.82) is 0 Å². The van der Waals surface area contributed by atoms with E-state index in [0.29, 0.717) is 44.9 Å². The Hall–Kier alpha value is -9.21. The van der Waals surface area contributed by atoms with Crippen molar-refractivity contribution in [3.8, 4) is 0 Å². The van der Waals surface area contributed by atoms with Crippen LogP contribution >= 0.6 is 0 Å². The predicted octanol–water partition coefficient (Wildman–Crippen LogP) is 15.8. The van der Waals surface area contributed by atoms with Crippen molar-refractivity contribution in [3.63, 3.8) is 0 Å². The van der Waals surface area contributed by atoms with Crippen molar-refractivity contribution >= 4 is 101 Å². The summed E-state index contributed by atoms with van der Waals surface area (Å²) in [6, 6.07) is 0. The average Bonchev–Trinajstić information content (AvgIpc) is 0.853. The highest BCUT2D eigenvalue weighted by Gasteiger charge is 2.35. The van der Waals surface area contributed by atoms with Crippen LogP contribution < -0.4 is 0 Å². The Morgan fingerprint density at radius 2 is 0.514 bits per heavy atom. The van der Waals surface area contributed by atoms with Gasteiger partial charge >= 0.3 is 101 Å². The monoisotopic (exact) mass is 2050 g/mol. The molecule has 39 nitrogen and oxygen atoms in total. The van der Waals surface area contributed by atoms with Crippen molar-refractivity contribution in [2.24, 2.45) is 55.2 Å². The van der Waals surface area contributed by atoms with Crippen molar-refractivity contribution in [3.05, 3.63) is 0 Å². The Kier molecular flexibility index (Phi) is 79.7. The number of carbonyl (C=O) groups excluding carboxylic acids is 17. The van der Waals surface area contributed by atoms with Crippen LogP contribution in [0.4, 0.5) is 0 Å². The normalized spacial score (nSPS) is 14.3. The summed E-state index contributed by atoms with van der Waals surface area (Å²) in [6.45, 7) is 80.2. The van der Waals surface area contributed by atoms with E-state index in [9.17, 15) is 81.5 Å². The molecule has 0 bridgehead atoms. The molecular formula is C103H188O39. The van der Waals surface area contributed by atoms with E-state index in [2.05, 4.69) is 102 Å². The summed E-state index contributed by atoms with van der Waals surface area (Å²) < 4.78 is 108. The summed E-state index contributed by atoms with van der Waals surface area (Å²) in [5.41, 5.74) is 0.422. The lowest BCUT2D eigenvalue weighted by atomic mass is 9.82. The molecule has 39 heteroatoms. The first-order valence-electron chi connectivity index (χ1n) is 47.9. The quantitative estimate of drug-likeness (QED) is 0.0310. The molecule has 14 unspecified atom stereocenters. The van der Waals surface area contributed by atoms with Gasteiger partial charge < -0.3 is 104 Å². The standard InChI is InChI=1S/C15H26O6.C14H24O6.C14H26O5.C13H22O6.C13H24O5.C12H22O5.C12H24O3.C10H20O3/c1-9(8-19-12(4)16)20-14(18)11(3)21-13(17)10(2)15(5,6)7;1-9(7-14(4,5)6)19-13(17)10(2)20-12(16)8-18-11(3)15;1-9(8-17-7)18-13(16)11(3)19-12(15)10(2)14(4,5)6;1-9(19-10(2)14)12(16)18-8-11(15)17-7-6-13(3,4)5;1-9(7-13(3,4)5)17-12(15)10(2)18-11(14)8-16-6;1-9(15-5)11(14)17-8-10(13)16-7-6-12(2,3)4;1-9(7-12(4,5)6)14-8-10(2)15-11(3)13;1-9(11)13-8-7-12-6-5-10(2,3)4/h9-11H,8H2,1-7H3;9-10H,7-8H2,1-6H3;9-11H,8H2,1-7H3;9H,6-8H2,1-5H3;9-10H,7-8H2,1-6H3;9H,6-8H2,1-5H3;9-10H,7-8H2,1-6H3;5-8H2,1-4H3. The molecule has 0 amide bonds. The zero-order valence-corrected chi connectivity index (χ0v) is 95.2. The first-order chi connectivity index (χ1) is 64.2. The third kappa shape index (κ3) is 102. The second-order valence-corrected chi connectivity index (χ2v) is 43.6. The fourth-order valence-electron chi connectivity index (χ4n) is 9.89. The molecule has 14 atom stereocenters. The molecule has 0 rings (SSSR count). The van der Waals surface area contributed by atoms with Gasteiger partial charge in [0.15, 0.2) is 56.4 Å². The third-order valence-electron chi connectivity index (χ3n) is 18.1. The SMILES string of the molecule is CC(=O)OC(C)C(=O)OCC(=O)OCCC(C)(C)C.CC(=O)OC(C)COC(C)CC(C)(C)C.CC(=O)OCC(=O)OC(C)C(=O)OC(C)CC(C)(C)C.CC(=O)OCC(C)OC(=O)C(C)OC(=O)C(C)C(C)(C)C.CC(=O)OCCOCCC(C)(C)C.COC(C)C(=O)OCC(=O)OCCC(C)(C)C.COCC(=O)OC(C)C(=O)OC(C)CC(C)(C)C.COCC(C)OC(=O)C(C)OC(=O)C(C)C(C)(C)C. The Morgan fingerprint density at radius 3 is 0.824 bits per heavy atom. The van der Waals surface area contributed by atoms with Gasteiger partial charge in [-0.25, -0.2) is 47.9 Å². The molecule has 834 valence electrons. The number of rotatable bonds is 46. The smallest absolute Gasteiger partial charge is 0.347 e. The first-order valence-corrected chi connectivity index (χ1v) is 47.9. The van der Waals surface area contributed by atoms with E-state index in [1.807, 2.05) is 104 Å². The summed E-state index contributed by atoms with van der Waals surface area (Å²) in [4.78, 5) is 191. The summed E-state index contributed by atoms with van der Waals surface area (Å²) in [7, 11) is 4.31. The van der Waals surface area contributed by atoms with Crippen LogP contribution in [0.2, 0.25) is 0 Å². The van der Waals surface area contributed by atoms with Crippen LogP contribution in [-0.4, -0.2) is 275 Å². The minimum Gasteiger partial charge on any atom is -0.463 e. The van der Waals surface area contributed by atoms with Crippen molar-refractivity contribution < 1.29 is 186 Å². The van der Waals surface area contributed by atoms with Gasteiger partial charge in [-0.1, -0.05) is 180 Å². The Bertz CT molecular complexity index is 3620. The first kappa shape index (κ1) is 148. The van der Waals surface area contributed by atoms with E-state index in [1.54, 1.807) is 41.5 Å². The lowest BCUT2D eigenvalue weighted by Gasteiger charge is -2.26. The van der Waals surface area contributed by atoms with Gasteiger partial charge in [-0.15, -0.1) is 0 Å². The second kappa shape index (κ2) is 76.4. The number of ether oxygens (including phenoxy) is 22. The molecule has 0 aliphatic rings. The number of hydrogen-bond acceptors (Lipinski definition) is 39. The summed E-state index contributed by atoms with van der Waals surface area (Å²) >= 11 is 0. The minimum absolute atomic E-state index is 0.0276. The van der Waals surface area contributed by atoms with Gasteiger partial charge in [-0.3, -0.25) is 33.6 Å². The Morgan fingerprint density at radius 1 is 0.218 bits per heavy atom. The van der Waals surface area contributed by atoms with Gasteiger partial charge in [0.05, 0.1) is 63.2 Å². The number of hydrogen-bond donors (Lipinski definition) is 0. The van der Waals surface area contributed by atoms with Gasteiger partial charge in [-0.2, -0.15) is 0 Å². The van der Waals surface area contributed by atoms with E-state index >= 15 is 0 Å². The van der Waals surface area contributed by atoms with Crippen LogP contribution in [0.1, 0.15) is 336 Å². The molecule has 0 spiro atoms. The zero-order chi connectivity index (χ0) is 113. The maximum absolute atomic E-state index is 11.9. The van der Waals surface area contributed by atoms with Gasteiger partial charge in [0.2, 0.25) is 0 Å². The topological polar surface area (TPSA) is 493 Å². The van der Waals surface area contributed by atoms with Crippen molar-refractivity contribution in [2.45, 2.75) is 409 Å². The van der Waals surface area contributed by atoms with E-state index in [4.69, 9.17) is 85.3 Å². The van der Waals surface area contributed by atoms with Gasteiger partial charge in [0, 0.05) is 62.6 Å². The lowest BCUT2D eigenvalue weighted by molar-refractivity contribution is -0.175. The number of methoxy groups -OCH3 is 3. The molecule has 0 aromatic heterocycles. The Balaban J connectivity index is -0.000000242. The minimum atomic E-state index is -1.03. The third-order valence-corrected chi connectivity index (χ3v) is 18.1. The van der Waals surface area contributed by atoms with Crippen LogP contribution in [0.25, 0.3) is 0 Å². The van der Waals surface area contributed by atoms with E-state index < -0.39 is 145 Å². The molecule has 142 heavy (non-hydrogen) atoms. The average molecular weight is 2050 g/mol. The highest BCUT2D eigenvalue weighted by molar-refractivity contribution is 5.84. The van der Waals surface area contributed by atoms with Gasteiger partial charge in [0.1, 0.15) is 38.1 Å². The van der Waals surface area contributed by atoms with E-state index in [1.165, 1.54) is 90.6 Å². The van der Waals surface area contributed by atoms with Crippen LogP contribution in [0, 0.1) is 55.2 Å². The Labute approximate surface area is 848 Å².